The topological polar surface area (TPSA) is 79.9 Å². The number of hydrogen-bond donors (Lipinski definition) is 2. The first-order valence-corrected chi connectivity index (χ1v) is 9.81. The Balaban J connectivity index is 1.44. The van der Waals surface area contributed by atoms with E-state index in [9.17, 15) is 9.59 Å². The van der Waals surface area contributed by atoms with Crippen LogP contribution in [0.5, 0.6) is 11.5 Å². The van der Waals surface area contributed by atoms with Gasteiger partial charge in [-0.1, -0.05) is 11.6 Å². The van der Waals surface area contributed by atoms with E-state index in [2.05, 4.69) is 10.6 Å². The first kappa shape index (κ1) is 20.8. The molecule has 2 amide bonds. The average molecular weight is 418 g/mol. The van der Waals surface area contributed by atoms with Crippen molar-refractivity contribution in [3.8, 4) is 11.5 Å². The van der Waals surface area contributed by atoms with Gasteiger partial charge in [-0.15, -0.1) is 0 Å². The van der Waals surface area contributed by atoms with Gasteiger partial charge in [-0.3, -0.25) is 9.59 Å². The van der Waals surface area contributed by atoms with E-state index in [1.54, 1.807) is 19.2 Å². The molecule has 1 saturated heterocycles. The maximum absolute atomic E-state index is 12.2. The SMILES string of the molecule is COc1ccc(OCCCC(=O)Nc2ccc(N3CCNC(=O)C3)c(Cl)c2)cc1. The van der Waals surface area contributed by atoms with Crippen LogP contribution in [0.4, 0.5) is 11.4 Å². The summed E-state index contributed by atoms with van der Waals surface area (Å²) in [6.07, 6.45) is 0.925. The van der Waals surface area contributed by atoms with Crippen LogP contribution in [0, 0.1) is 0 Å². The number of hydrogen-bond acceptors (Lipinski definition) is 5. The zero-order valence-electron chi connectivity index (χ0n) is 16.2. The Hall–Kier alpha value is -2.93. The third-order valence-electron chi connectivity index (χ3n) is 4.49. The Bertz CT molecular complexity index is 858. The molecule has 1 aliphatic rings. The second kappa shape index (κ2) is 10.0. The molecule has 0 atom stereocenters. The highest BCUT2D eigenvalue weighted by Gasteiger charge is 2.18. The summed E-state index contributed by atoms with van der Waals surface area (Å²) in [6.45, 7) is 2.01. The number of benzene rings is 2. The fourth-order valence-corrected chi connectivity index (χ4v) is 3.30. The van der Waals surface area contributed by atoms with E-state index in [0.29, 0.717) is 43.2 Å². The molecule has 0 radical (unpaired) electrons. The molecule has 0 bridgehead atoms. The molecule has 0 aliphatic carbocycles. The molecule has 154 valence electrons. The Kier molecular flexibility index (Phi) is 7.19. The highest BCUT2D eigenvalue weighted by Crippen LogP contribution is 2.29. The standard InChI is InChI=1S/C21H24ClN3O4/c1-28-16-5-7-17(8-6-16)29-12-2-3-20(26)24-15-4-9-19(18(22)13-15)25-11-10-23-21(27)14-25/h4-9,13H,2-3,10-12,14H2,1H3,(H,23,27)(H,24,26). The maximum atomic E-state index is 12.2. The van der Waals surface area contributed by atoms with E-state index in [-0.39, 0.29) is 18.4 Å². The summed E-state index contributed by atoms with van der Waals surface area (Å²) in [5, 5.41) is 6.12. The van der Waals surface area contributed by atoms with E-state index < -0.39 is 0 Å². The summed E-state index contributed by atoms with van der Waals surface area (Å²) >= 11 is 6.36. The Morgan fingerprint density at radius 3 is 2.66 bits per heavy atom. The molecular formula is C21H24ClN3O4. The first-order valence-electron chi connectivity index (χ1n) is 9.43. The van der Waals surface area contributed by atoms with E-state index in [1.165, 1.54) is 0 Å². The third-order valence-corrected chi connectivity index (χ3v) is 4.79. The van der Waals surface area contributed by atoms with Gasteiger partial charge in [-0.05, 0) is 48.9 Å². The monoisotopic (exact) mass is 417 g/mol. The summed E-state index contributed by atoms with van der Waals surface area (Å²) in [7, 11) is 1.61. The molecule has 0 unspecified atom stereocenters. The summed E-state index contributed by atoms with van der Waals surface area (Å²) in [6, 6.07) is 12.6. The van der Waals surface area contributed by atoms with E-state index >= 15 is 0 Å². The molecular weight excluding hydrogens is 394 g/mol. The zero-order valence-corrected chi connectivity index (χ0v) is 17.0. The Morgan fingerprint density at radius 1 is 1.21 bits per heavy atom. The molecule has 1 aliphatic heterocycles. The lowest BCUT2D eigenvalue weighted by molar-refractivity contribution is -0.120. The minimum atomic E-state index is -0.107. The second-order valence-corrected chi connectivity index (χ2v) is 7.02. The minimum Gasteiger partial charge on any atom is -0.497 e. The number of nitrogens with one attached hydrogen (secondary N) is 2. The number of amides is 2. The number of piperazine rings is 1. The number of carbonyl (C=O) groups excluding carboxylic acids is 2. The van der Waals surface area contributed by atoms with Crippen LogP contribution in [0.15, 0.2) is 42.5 Å². The smallest absolute Gasteiger partial charge is 0.239 e. The molecule has 2 aromatic carbocycles. The number of halogens is 1. The van der Waals surface area contributed by atoms with Crippen molar-refractivity contribution < 1.29 is 19.1 Å². The van der Waals surface area contributed by atoms with Crippen LogP contribution in [0.25, 0.3) is 0 Å². The summed E-state index contributed by atoms with van der Waals surface area (Å²) < 4.78 is 10.7. The van der Waals surface area contributed by atoms with Gasteiger partial charge in [0.1, 0.15) is 11.5 Å². The van der Waals surface area contributed by atoms with Crippen LogP contribution in [0.1, 0.15) is 12.8 Å². The van der Waals surface area contributed by atoms with E-state index in [1.807, 2.05) is 35.2 Å². The van der Waals surface area contributed by atoms with Crippen LogP contribution in [0.3, 0.4) is 0 Å². The van der Waals surface area contributed by atoms with Gasteiger partial charge < -0.3 is 25.0 Å². The molecule has 3 rings (SSSR count). The average Bonchev–Trinajstić information content (AvgIpc) is 2.72. The van der Waals surface area contributed by atoms with Crippen molar-refractivity contribution in [1.82, 2.24) is 5.32 Å². The largest absolute Gasteiger partial charge is 0.497 e. The van der Waals surface area contributed by atoms with Crippen molar-refractivity contribution in [2.24, 2.45) is 0 Å². The molecule has 1 fully saturated rings. The number of ether oxygens (including phenoxy) is 2. The first-order chi connectivity index (χ1) is 14.0. The predicted molar refractivity (Wildman–Crippen MR) is 113 cm³/mol. The molecule has 2 N–H and O–H groups in total. The number of nitrogens with zero attached hydrogens (tertiary/aromatic N) is 1. The molecule has 0 saturated carbocycles. The number of anilines is 2. The fraction of sp³-hybridized carbons (Fsp3) is 0.333. The normalized spacial score (nSPS) is 13.6. The molecule has 0 spiro atoms. The number of carbonyl (C=O) groups is 2. The fourth-order valence-electron chi connectivity index (χ4n) is 3.00. The van der Waals surface area contributed by atoms with Crippen molar-refractivity contribution in [1.29, 1.82) is 0 Å². The molecule has 29 heavy (non-hydrogen) atoms. The van der Waals surface area contributed by atoms with Crippen LogP contribution in [-0.4, -0.2) is 45.2 Å². The van der Waals surface area contributed by atoms with Crippen molar-refractivity contribution in [3.63, 3.8) is 0 Å². The molecule has 0 aromatic heterocycles. The highest BCUT2D eigenvalue weighted by molar-refractivity contribution is 6.33. The number of methoxy groups -OCH3 is 1. The third kappa shape index (κ3) is 6.02. The van der Waals surface area contributed by atoms with E-state index in [4.69, 9.17) is 21.1 Å². The lowest BCUT2D eigenvalue weighted by Gasteiger charge is -2.29. The Morgan fingerprint density at radius 2 is 1.97 bits per heavy atom. The van der Waals surface area contributed by atoms with Gasteiger partial charge in [0.2, 0.25) is 11.8 Å². The molecule has 7 nitrogen and oxygen atoms in total. The van der Waals surface area contributed by atoms with Crippen molar-refractivity contribution in [2.45, 2.75) is 12.8 Å². The van der Waals surface area contributed by atoms with Gasteiger partial charge in [0.15, 0.2) is 0 Å². The molecule has 1 heterocycles. The zero-order chi connectivity index (χ0) is 20.6. The van der Waals surface area contributed by atoms with Gasteiger partial charge in [-0.2, -0.15) is 0 Å². The van der Waals surface area contributed by atoms with Gasteiger partial charge in [0.25, 0.3) is 0 Å². The minimum absolute atomic E-state index is 0.0263. The van der Waals surface area contributed by atoms with Crippen molar-refractivity contribution >= 4 is 34.8 Å². The van der Waals surface area contributed by atoms with Gasteiger partial charge >= 0.3 is 0 Å². The van der Waals surface area contributed by atoms with Crippen molar-refractivity contribution in [3.05, 3.63) is 47.5 Å². The maximum Gasteiger partial charge on any atom is 0.239 e. The van der Waals surface area contributed by atoms with Crippen molar-refractivity contribution in [2.75, 3.05) is 43.6 Å². The van der Waals surface area contributed by atoms with Crippen LogP contribution < -0.4 is 25.0 Å². The molecule has 8 heteroatoms. The Labute approximate surface area is 174 Å². The predicted octanol–water partition coefficient (Wildman–Crippen LogP) is 3.08. The second-order valence-electron chi connectivity index (χ2n) is 6.61. The lowest BCUT2D eigenvalue weighted by Crippen LogP contribution is -2.47. The summed E-state index contributed by atoms with van der Waals surface area (Å²) in [5.41, 5.74) is 1.41. The van der Waals surface area contributed by atoms with Crippen LogP contribution in [0.2, 0.25) is 5.02 Å². The summed E-state index contributed by atoms with van der Waals surface area (Å²) in [5.74, 6) is 1.37. The van der Waals surface area contributed by atoms with Crippen LogP contribution >= 0.6 is 11.6 Å². The van der Waals surface area contributed by atoms with Gasteiger partial charge in [-0.25, -0.2) is 0 Å². The highest BCUT2D eigenvalue weighted by atomic mass is 35.5. The lowest BCUT2D eigenvalue weighted by atomic mass is 10.2. The van der Waals surface area contributed by atoms with E-state index in [0.717, 1.165) is 17.2 Å². The van der Waals surface area contributed by atoms with Crippen LogP contribution in [-0.2, 0) is 9.59 Å². The number of rotatable bonds is 8. The quantitative estimate of drug-likeness (QED) is 0.645. The molecule has 2 aromatic rings. The summed E-state index contributed by atoms with van der Waals surface area (Å²) in [4.78, 5) is 25.6. The van der Waals surface area contributed by atoms with Gasteiger partial charge in [0, 0.05) is 25.2 Å². The van der Waals surface area contributed by atoms with Gasteiger partial charge in [0.05, 0.1) is 31.0 Å².